The number of anilines is 1. The molecule has 0 saturated carbocycles. The van der Waals surface area contributed by atoms with Gasteiger partial charge in [-0.15, -0.1) is 0 Å². The summed E-state index contributed by atoms with van der Waals surface area (Å²) >= 11 is 12.1. The van der Waals surface area contributed by atoms with Crippen molar-refractivity contribution in [2.24, 2.45) is 0 Å². The highest BCUT2D eigenvalue weighted by atomic mass is 35.5. The average Bonchev–Trinajstić information content (AvgIpc) is 2.53. The van der Waals surface area contributed by atoms with Gasteiger partial charge in [0.05, 0.1) is 6.54 Å². The molecule has 0 bridgehead atoms. The molecule has 0 spiro atoms. The van der Waals surface area contributed by atoms with Gasteiger partial charge in [-0.1, -0.05) is 61.3 Å². The Labute approximate surface area is 153 Å². The van der Waals surface area contributed by atoms with E-state index in [0.29, 0.717) is 16.0 Å². The summed E-state index contributed by atoms with van der Waals surface area (Å²) in [5.41, 5.74) is 2.90. The fourth-order valence-electron chi connectivity index (χ4n) is 2.52. The lowest BCUT2D eigenvalue weighted by Crippen LogP contribution is -2.30. The maximum absolute atomic E-state index is 12.2. The van der Waals surface area contributed by atoms with Crippen LogP contribution in [0.3, 0.4) is 0 Å². The zero-order chi connectivity index (χ0) is 17.7. The maximum atomic E-state index is 12.2. The molecular weight excluding hydrogens is 343 g/mol. The van der Waals surface area contributed by atoms with Crippen molar-refractivity contribution >= 4 is 34.8 Å². The minimum Gasteiger partial charge on any atom is -0.325 e. The smallest absolute Gasteiger partial charge is 0.238 e. The molecule has 0 aliphatic heterocycles. The quantitative estimate of drug-likeness (QED) is 0.719. The standard InChI is InChI=1S/C19H22Cl2N2O/c1-12(2)15-6-4-5-7-18(15)23-19(24)11-22-13(3)16-9-8-14(20)10-17(16)21/h4-10,12-13,22H,11H2,1-3H3,(H,23,24)/t13-/m0/s1. The molecule has 2 N–H and O–H groups in total. The predicted octanol–water partition coefficient (Wildman–Crippen LogP) is 5.41. The molecule has 0 aliphatic carbocycles. The molecular formula is C19H22Cl2N2O. The van der Waals surface area contributed by atoms with Crippen molar-refractivity contribution in [1.29, 1.82) is 0 Å². The van der Waals surface area contributed by atoms with Crippen molar-refractivity contribution in [3.8, 4) is 0 Å². The Bertz CT molecular complexity index is 716. The number of rotatable bonds is 6. The summed E-state index contributed by atoms with van der Waals surface area (Å²) in [6.07, 6.45) is 0. The number of nitrogens with one attached hydrogen (secondary N) is 2. The number of amides is 1. The number of hydrogen-bond acceptors (Lipinski definition) is 2. The first-order chi connectivity index (χ1) is 11.4. The van der Waals surface area contributed by atoms with Gasteiger partial charge >= 0.3 is 0 Å². The molecule has 128 valence electrons. The van der Waals surface area contributed by atoms with E-state index in [4.69, 9.17) is 23.2 Å². The van der Waals surface area contributed by atoms with Gasteiger partial charge in [0.25, 0.3) is 0 Å². The highest BCUT2D eigenvalue weighted by Gasteiger charge is 2.13. The molecule has 0 heterocycles. The summed E-state index contributed by atoms with van der Waals surface area (Å²) in [5.74, 6) is 0.265. The van der Waals surface area contributed by atoms with Crippen molar-refractivity contribution in [2.45, 2.75) is 32.7 Å². The van der Waals surface area contributed by atoms with E-state index < -0.39 is 0 Å². The van der Waals surface area contributed by atoms with Crippen LogP contribution in [0.4, 0.5) is 5.69 Å². The first kappa shape index (κ1) is 18.8. The molecule has 0 saturated heterocycles. The fourth-order valence-corrected chi connectivity index (χ4v) is 3.09. The summed E-state index contributed by atoms with van der Waals surface area (Å²) in [6, 6.07) is 13.2. The Morgan fingerprint density at radius 3 is 2.42 bits per heavy atom. The summed E-state index contributed by atoms with van der Waals surface area (Å²) in [4.78, 5) is 12.2. The van der Waals surface area contributed by atoms with Gasteiger partial charge in [0, 0.05) is 21.8 Å². The zero-order valence-corrected chi connectivity index (χ0v) is 15.6. The molecule has 2 aromatic carbocycles. The first-order valence-corrected chi connectivity index (χ1v) is 8.71. The van der Waals surface area contributed by atoms with Gasteiger partial charge in [-0.2, -0.15) is 0 Å². The third-order valence-electron chi connectivity index (χ3n) is 3.85. The van der Waals surface area contributed by atoms with Crippen molar-refractivity contribution < 1.29 is 4.79 Å². The van der Waals surface area contributed by atoms with E-state index in [9.17, 15) is 4.79 Å². The van der Waals surface area contributed by atoms with Crippen molar-refractivity contribution in [3.05, 3.63) is 63.6 Å². The lowest BCUT2D eigenvalue weighted by molar-refractivity contribution is -0.115. The maximum Gasteiger partial charge on any atom is 0.238 e. The van der Waals surface area contributed by atoms with Crippen LogP contribution in [0.2, 0.25) is 10.0 Å². The Kier molecular flexibility index (Phi) is 6.67. The fraction of sp³-hybridized carbons (Fsp3) is 0.316. The molecule has 0 aromatic heterocycles. The summed E-state index contributed by atoms with van der Waals surface area (Å²) in [6.45, 7) is 6.37. The van der Waals surface area contributed by atoms with Crippen LogP contribution < -0.4 is 10.6 Å². The lowest BCUT2D eigenvalue weighted by atomic mass is 10.0. The van der Waals surface area contributed by atoms with Crippen molar-refractivity contribution in [1.82, 2.24) is 5.32 Å². The Morgan fingerprint density at radius 2 is 1.75 bits per heavy atom. The SMILES string of the molecule is CC(C)c1ccccc1NC(=O)CN[C@@H](C)c1ccc(Cl)cc1Cl. The van der Waals surface area contributed by atoms with Crippen LogP contribution in [-0.4, -0.2) is 12.5 Å². The molecule has 0 aliphatic rings. The molecule has 3 nitrogen and oxygen atoms in total. The van der Waals surface area contributed by atoms with Crippen LogP contribution in [0, 0.1) is 0 Å². The number of para-hydroxylation sites is 1. The van der Waals surface area contributed by atoms with Crippen molar-refractivity contribution in [3.63, 3.8) is 0 Å². The third-order valence-corrected chi connectivity index (χ3v) is 4.42. The van der Waals surface area contributed by atoms with Crippen LogP contribution in [0.15, 0.2) is 42.5 Å². The van der Waals surface area contributed by atoms with Gasteiger partial charge in [0.15, 0.2) is 0 Å². The highest BCUT2D eigenvalue weighted by molar-refractivity contribution is 6.35. The van der Waals surface area contributed by atoms with Crippen LogP contribution >= 0.6 is 23.2 Å². The average molecular weight is 365 g/mol. The number of benzene rings is 2. The molecule has 0 fully saturated rings. The number of hydrogen-bond donors (Lipinski definition) is 2. The Balaban J connectivity index is 1.96. The molecule has 2 rings (SSSR count). The minimum atomic E-state index is -0.0833. The predicted molar refractivity (Wildman–Crippen MR) is 102 cm³/mol. The van der Waals surface area contributed by atoms with Gasteiger partial charge < -0.3 is 10.6 Å². The molecule has 24 heavy (non-hydrogen) atoms. The van der Waals surface area contributed by atoms with E-state index in [2.05, 4.69) is 24.5 Å². The first-order valence-electron chi connectivity index (χ1n) is 7.95. The second-order valence-electron chi connectivity index (χ2n) is 6.06. The normalized spacial score (nSPS) is 12.2. The number of carbonyl (C=O) groups is 1. The highest BCUT2D eigenvalue weighted by Crippen LogP contribution is 2.26. The van der Waals surface area contributed by atoms with Gasteiger partial charge in [0.1, 0.15) is 0 Å². The van der Waals surface area contributed by atoms with Gasteiger partial charge in [-0.3, -0.25) is 4.79 Å². The van der Waals surface area contributed by atoms with E-state index in [0.717, 1.165) is 16.8 Å². The number of carbonyl (C=O) groups excluding carboxylic acids is 1. The van der Waals surface area contributed by atoms with Gasteiger partial charge in [0.2, 0.25) is 5.91 Å². The second kappa shape index (κ2) is 8.52. The van der Waals surface area contributed by atoms with E-state index in [-0.39, 0.29) is 18.5 Å². The molecule has 0 radical (unpaired) electrons. The largest absolute Gasteiger partial charge is 0.325 e. The molecule has 1 amide bonds. The zero-order valence-electron chi connectivity index (χ0n) is 14.1. The van der Waals surface area contributed by atoms with Gasteiger partial charge in [-0.25, -0.2) is 0 Å². The van der Waals surface area contributed by atoms with Crippen LogP contribution in [0.5, 0.6) is 0 Å². The topological polar surface area (TPSA) is 41.1 Å². The van der Waals surface area contributed by atoms with E-state index in [1.165, 1.54) is 0 Å². The molecule has 5 heteroatoms. The lowest BCUT2D eigenvalue weighted by Gasteiger charge is -2.17. The number of halogens is 2. The van der Waals surface area contributed by atoms with E-state index >= 15 is 0 Å². The Hall–Kier alpha value is -1.55. The molecule has 1 atom stereocenters. The third kappa shape index (κ3) is 4.97. The summed E-state index contributed by atoms with van der Waals surface area (Å²) in [5, 5.41) is 7.34. The van der Waals surface area contributed by atoms with Gasteiger partial charge in [-0.05, 0) is 42.2 Å². The summed E-state index contributed by atoms with van der Waals surface area (Å²) in [7, 11) is 0. The van der Waals surface area contributed by atoms with Crippen LogP contribution in [0.1, 0.15) is 43.9 Å². The van der Waals surface area contributed by atoms with Crippen molar-refractivity contribution in [2.75, 3.05) is 11.9 Å². The minimum absolute atomic E-state index is 0.0548. The van der Waals surface area contributed by atoms with E-state index in [1.807, 2.05) is 37.3 Å². The monoisotopic (exact) mass is 364 g/mol. The molecule has 2 aromatic rings. The van der Waals surface area contributed by atoms with Crippen LogP contribution in [-0.2, 0) is 4.79 Å². The molecule has 0 unspecified atom stereocenters. The Morgan fingerprint density at radius 1 is 1.04 bits per heavy atom. The van der Waals surface area contributed by atoms with E-state index in [1.54, 1.807) is 12.1 Å². The summed E-state index contributed by atoms with van der Waals surface area (Å²) < 4.78 is 0. The second-order valence-corrected chi connectivity index (χ2v) is 6.90. The van der Waals surface area contributed by atoms with Crippen LogP contribution in [0.25, 0.3) is 0 Å².